The van der Waals surface area contributed by atoms with Crippen LogP contribution in [0.15, 0.2) is 78.4 Å². The minimum atomic E-state index is -0.820. The van der Waals surface area contributed by atoms with E-state index in [1.165, 1.54) is 29.2 Å². The van der Waals surface area contributed by atoms with Gasteiger partial charge in [0.15, 0.2) is 0 Å². The Labute approximate surface area is 210 Å². The molecule has 1 fully saturated rings. The lowest BCUT2D eigenvalue weighted by Gasteiger charge is -2.26. The van der Waals surface area contributed by atoms with Gasteiger partial charge in [-0.2, -0.15) is 0 Å². The number of ketones is 1. The summed E-state index contributed by atoms with van der Waals surface area (Å²) in [4.78, 5) is 29.5. The highest BCUT2D eigenvalue weighted by atomic mass is 19.1. The number of likely N-dealkylation sites (tertiary alicyclic amines) is 1. The molecule has 1 saturated heterocycles. The van der Waals surface area contributed by atoms with E-state index in [1.807, 2.05) is 49.3 Å². The van der Waals surface area contributed by atoms with Crippen LogP contribution in [0, 0.1) is 12.7 Å². The van der Waals surface area contributed by atoms with Gasteiger partial charge in [0.1, 0.15) is 23.9 Å². The van der Waals surface area contributed by atoms with Gasteiger partial charge in [0.2, 0.25) is 0 Å². The van der Waals surface area contributed by atoms with Crippen LogP contribution < -0.4 is 4.74 Å². The molecule has 1 amide bonds. The number of amides is 1. The Morgan fingerprint density at radius 1 is 1.03 bits per heavy atom. The summed E-state index contributed by atoms with van der Waals surface area (Å²) in [6, 6.07) is 19.8. The van der Waals surface area contributed by atoms with Crippen LogP contribution in [-0.4, -0.2) is 53.8 Å². The van der Waals surface area contributed by atoms with E-state index in [2.05, 4.69) is 0 Å². The first-order chi connectivity index (χ1) is 17.3. The summed E-state index contributed by atoms with van der Waals surface area (Å²) < 4.78 is 19.5. The Bertz CT molecular complexity index is 1290. The van der Waals surface area contributed by atoms with Crippen LogP contribution >= 0.6 is 0 Å². The van der Waals surface area contributed by atoms with Crippen LogP contribution in [0.1, 0.15) is 28.3 Å². The molecule has 0 aromatic heterocycles. The number of ether oxygens (including phenoxy) is 1. The predicted molar refractivity (Wildman–Crippen MR) is 136 cm³/mol. The summed E-state index contributed by atoms with van der Waals surface area (Å²) in [5.41, 5.74) is 2.69. The third-order valence-corrected chi connectivity index (χ3v) is 6.22. The second kappa shape index (κ2) is 10.7. The number of carbonyl (C=O) groups excluding carboxylic acids is 2. The maximum atomic E-state index is 13.6. The highest BCUT2D eigenvalue weighted by Gasteiger charge is 2.46. The smallest absolute Gasteiger partial charge is 0.295 e. The van der Waals surface area contributed by atoms with Crippen LogP contribution in [-0.2, 0) is 16.2 Å². The molecule has 0 radical (unpaired) electrons. The summed E-state index contributed by atoms with van der Waals surface area (Å²) >= 11 is 0. The third-order valence-electron chi connectivity index (χ3n) is 6.22. The maximum absolute atomic E-state index is 13.6. The molecule has 1 N–H and O–H groups in total. The third kappa shape index (κ3) is 5.31. The van der Waals surface area contributed by atoms with E-state index in [-0.39, 0.29) is 17.9 Å². The minimum absolute atomic E-state index is 0.00795. The highest BCUT2D eigenvalue weighted by molar-refractivity contribution is 6.46. The molecule has 6 nitrogen and oxygen atoms in total. The molecular weight excluding hydrogens is 459 g/mol. The number of aryl methyl sites for hydroxylation is 1. The van der Waals surface area contributed by atoms with Crippen molar-refractivity contribution in [1.82, 2.24) is 9.80 Å². The second-order valence-electron chi connectivity index (χ2n) is 9.10. The number of aliphatic hydroxyl groups is 1. The van der Waals surface area contributed by atoms with Crippen LogP contribution in [0.5, 0.6) is 5.75 Å². The van der Waals surface area contributed by atoms with Crippen molar-refractivity contribution < 1.29 is 23.8 Å². The Kier molecular flexibility index (Phi) is 7.50. The Hall–Kier alpha value is -3.97. The van der Waals surface area contributed by atoms with Crippen molar-refractivity contribution in [3.05, 3.63) is 106 Å². The van der Waals surface area contributed by atoms with Gasteiger partial charge < -0.3 is 19.6 Å². The number of carbonyl (C=O) groups is 2. The number of Topliss-reactive ketones (excluding diaryl/α,β-unsaturated/α-hetero) is 1. The quantitative estimate of drug-likeness (QED) is 0.283. The average Bonchev–Trinajstić information content (AvgIpc) is 3.12. The summed E-state index contributed by atoms with van der Waals surface area (Å²) in [6.45, 7) is 3.01. The summed E-state index contributed by atoms with van der Waals surface area (Å²) in [5.74, 6) is -1.51. The SMILES string of the molecule is Cc1cc(OCc2ccccc2)ccc1/C(O)=C1\C(=O)C(=O)N(CCN(C)C)[C@@H]1c1ccc(F)cc1. The van der Waals surface area contributed by atoms with Gasteiger partial charge >= 0.3 is 0 Å². The first-order valence-corrected chi connectivity index (χ1v) is 11.7. The molecular formula is C29H29FN2O4. The zero-order valence-electron chi connectivity index (χ0n) is 20.6. The lowest BCUT2D eigenvalue weighted by atomic mass is 9.94. The van der Waals surface area contributed by atoms with E-state index in [0.29, 0.717) is 35.6 Å². The molecule has 1 aliphatic rings. The van der Waals surface area contributed by atoms with Crippen molar-refractivity contribution in [2.75, 3.05) is 27.2 Å². The Morgan fingerprint density at radius 2 is 1.72 bits per heavy atom. The van der Waals surface area contributed by atoms with Gasteiger partial charge in [0.05, 0.1) is 11.6 Å². The lowest BCUT2D eigenvalue weighted by molar-refractivity contribution is -0.140. The lowest BCUT2D eigenvalue weighted by Crippen LogP contribution is -2.35. The molecule has 0 unspecified atom stereocenters. The van der Waals surface area contributed by atoms with Crippen LogP contribution in [0.4, 0.5) is 4.39 Å². The van der Waals surface area contributed by atoms with Gasteiger partial charge in [0, 0.05) is 18.7 Å². The normalized spacial score (nSPS) is 17.1. The molecule has 1 heterocycles. The molecule has 1 atom stereocenters. The summed E-state index contributed by atoms with van der Waals surface area (Å²) in [7, 11) is 3.74. The largest absolute Gasteiger partial charge is 0.507 e. The number of aliphatic hydroxyl groups excluding tert-OH is 1. The number of halogens is 1. The summed E-state index contributed by atoms with van der Waals surface area (Å²) in [5, 5.41) is 11.3. The van der Waals surface area contributed by atoms with Crippen molar-refractivity contribution >= 4 is 17.4 Å². The maximum Gasteiger partial charge on any atom is 0.295 e. The second-order valence-corrected chi connectivity index (χ2v) is 9.10. The molecule has 7 heteroatoms. The van der Waals surface area contributed by atoms with Gasteiger partial charge in [-0.25, -0.2) is 4.39 Å². The Balaban J connectivity index is 1.70. The number of benzene rings is 3. The number of rotatable bonds is 8. The molecule has 1 aliphatic heterocycles. The minimum Gasteiger partial charge on any atom is -0.507 e. The van der Waals surface area contributed by atoms with E-state index in [0.717, 1.165) is 5.56 Å². The first kappa shape index (κ1) is 25.1. The molecule has 0 bridgehead atoms. The average molecular weight is 489 g/mol. The monoisotopic (exact) mass is 488 g/mol. The fourth-order valence-electron chi connectivity index (χ4n) is 4.29. The van der Waals surface area contributed by atoms with E-state index in [4.69, 9.17) is 4.74 Å². The van der Waals surface area contributed by atoms with E-state index < -0.39 is 23.5 Å². The molecule has 186 valence electrons. The summed E-state index contributed by atoms with van der Waals surface area (Å²) in [6.07, 6.45) is 0. The fourth-order valence-corrected chi connectivity index (χ4v) is 4.29. The van der Waals surface area contributed by atoms with E-state index in [9.17, 15) is 19.1 Å². The molecule has 36 heavy (non-hydrogen) atoms. The van der Waals surface area contributed by atoms with Crippen molar-refractivity contribution in [2.24, 2.45) is 0 Å². The highest BCUT2D eigenvalue weighted by Crippen LogP contribution is 2.40. The number of hydrogen-bond donors (Lipinski definition) is 1. The van der Waals surface area contributed by atoms with Crippen LogP contribution in [0.3, 0.4) is 0 Å². The molecule has 0 spiro atoms. The van der Waals surface area contributed by atoms with Crippen molar-refractivity contribution in [3.8, 4) is 5.75 Å². The topological polar surface area (TPSA) is 70.1 Å². The molecule has 4 rings (SSSR count). The van der Waals surface area contributed by atoms with Gasteiger partial charge in [-0.15, -0.1) is 0 Å². The van der Waals surface area contributed by atoms with E-state index in [1.54, 1.807) is 25.1 Å². The number of nitrogens with zero attached hydrogens (tertiary/aromatic N) is 2. The van der Waals surface area contributed by atoms with E-state index >= 15 is 0 Å². The predicted octanol–water partition coefficient (Wildman–Crippen LogP) is 4.70. The van der Waals surface area contributed by atoms with Crippen LogP contribution in [0.25, 0.3) is 5.76 Å². The van der Waals surface area contributed by atoms with Crippen molar-refractivity contribution in [1.29, 1.82) is 0 Å². The van der Waals surface area contributed by atoms with Crippen molar-refractivity contribution in [3.63, 3.8) is 0 Å². The van der Waals surface area contributed by atoms with Gasteiger partial charge in [0.25, 0.3) is 11.7 Å². The zero-order chi connectivity index (χ0) is 25.8. The number of hydrogen-bond acceptors (Lipinski definition) is 5. The molecule has 3 aromatic carbocycles. The molecule has 0 saturated carbocycles. The van der Waals surface area contributed by atoms with Gasteiger partial charge in [-0.3, -0.25) is 9.59 Å². The first-order valence-electron chi connectivity index (χ1n) is 11.7. The molecule has 0 aliphatic carbocycles. The Morgan fingerprint density at radius 3 is 2.36 bits per heavy atom. The van der Waals surface area contributed by atoms with Crippen molar-refractivity contribution in [2.45, 2.75) is 19.6 Å². The van der Waals surface area contributed by atoms with Crippen LogP contribution in [0.2, 0.25) is 0 Å². The molecule has 3 aromatic rings. The van der Waals surface area contributed by atoms with Gasteiger partial charge in [-0.05, 0) is 68.0 Å². The van der Waals surface area contributed by atoms with Gasteiger partial charge in [-0.1, -0.05) is 42.5 Å². The number of likely N-dealkylation sites (N-methyl/N-ethyl adjacent to an activating group) is 1. The standard InChI is InChI=1S/C29H29FN2O4/c1-19-17-23(36-18-20-7-5-4-6-8-20)13-14-24(19)27(33)25-26(21-9-11-22(30)12-10-21)32(16-15-31(2)3)29(35)28(25)34/h4-14,17,26,33H,15-16,18H2,1-3H3/b27-25+/t26-/m1/s1. The fraction of sp³-hybridized carbons (Fsp3) is 0.241. The zero-order valence-corrected chi connectivity index (χ0v) is 20.6.